The van der Waals surface area contributed by atoms with Gasteiger partial charge in [0.15, 0.2) is 0 Å². The first-order valence-corrected chi connectivity index (χ1v) is 8.20. The molecule has 7 nitrogen and oxygen atoms in total. The average molecular weight is 381 g/mol. The minimum atomic E-state index is -10.7. The summed E-state index contributed by atoms with van der Waals surface area (Å²) in [6.07, 6.45) is 1.68. The molecule has 0 saturated carbocycles. The first-order valence-electron chi connectivity index (χ1n) is 6.17. The Morgan fingerprint density at radius 2 is 1.75 bits per heavy atom. The molecule has 0 unspecified atom stereocenters. The van der Waals surface area contributed by atoms with E-state index in [0.717, 1.165) is 0 Å². The van der Waals surface area contributed by atoms with Gasteiger partial charge in [-0.3, -0.25) is 4.84 Å². The Morgan fingerprint density at radius 1 is 1.21 bits per heavy atom. The van der Waals surface area contributed by atoms with Gasteiger partial charge in [0, 0.05) is 6.20 Å². The molecule has 2 aromatic rings. The van der Waals surface area contributed by atoms with Gasteiger partial charge in [-0.15, -0.1) is 5.10 Å². The van der Waals surface area contributed by atoms with Gasteiger partial charge in [0.1, 0.15) is 5.52 Å². The maximum absolute atomic E-state index is 10.7. The second kappa shape index (κ2) is 5.72. The van der Waals surface area contributed by atoms with E-state index in [1.807, 2.05) is 49.8 Å². The number of amidine groups is 1. The van der Waals surface area contributed by atoms with E-state index in [4.69, 9.17) is 4.84 Å². The van der Waals surface area contributed by atoms with Crippen LogP contribution in [-0.4, -0.2) is 63.8 Å². The number of pyridine rings is 1. The molecular formula is C10H16F6N6OP+. The van der Waals surface area contributed by atoms with Gasteiger partial charge in [0.2, 0.25) is 5.65 Å². The summed E-state index contributed by atoms with van der Waals surface area (Å²) >= 11 is 0. The van der Waals surface area contributed by atoms with Crippen LogP contribution >= 0.6 is 7.81 Å². The maximum Gasteiger partial charge on any atom is 1.00 e. The van der Waals surface area contributed by atoms with E-state index in [9.17, 15) is 25.2 Å². The Hall–Kier alpha value is -2.17. The van der Waals surface area contributed by atoms with Crippen molar-refractivity contribution in [3.8, 4) is 0 Å². The van der Waals surface area contributed by atoms with E-state index in [-0.39, 0.29) is 1.43 Å². The molecule has 0 aromatic carbocycles. The average Bonchev–Trinajstić information content (AvgIpc) is 2.74. The van der Waals surface area contributed by atoms with E-state index in [2.05, 4.69) is 15.3 Å². The molecule has 0 fully saturated rings. The largest absolute Gasteiger partial charge is 1.00 e. The quantitative estimate of drug-likeness (QED) is 0.250. The first kappa shape index (κ1) is 19.9. The van der Waals surface area contributed by atoms with E-state index in [0.29, 0.717) is 17.2 Å². The summed E-state index contributed by atoms with van der Waals surface area (Å²) in [5.41, 5.74) is 1.29. The van der Waals surface area contributed by atoms with E-state index >= 15 is 0 Å². The SMILES string of the molecule is CN(C)C(On1nnc2cccnc21)=[N+](C)C.F[P-](F)(F)(F)(F)F.[H+]. The van der Waals surface area contributed by atoms with Crippen LogP contribution in [0.1, 0.15) is 1.43 Å². The summed E-state index contributed by atoms with van der Waals surface area (Å²) in [4.78, 5) is 13.0. The van der Waals surface area contributed by atoms with Crippen molar-refractivity contribution in [2.24, 2.45) is 0 Å². The topological polar surface area (TPSA) is 59.1 Å². The number of halogens is 6. The van der Waals surface area contributed by atoms with Crippen LogP contribution in [0.5, 0.6) is 0 Å². The zero-order chi connectivity index (χ0) is 18.8. The van der Waals surface area contributed by atoms with Crippen LogP contribution in [-0.2, 0) is 0 Å². The molecule has 0 aliphatic carbocycles. The van der Waals surface area contributed by atoms with Gasteiger partial charge >= 0.3 is 40.4 Å². The van der Waals surface area contributed by atoms with Gasteiger partial charge in [0.05, 0.1) is 28.2 Å². The van der Waals surface area contributed by atoms with E-state index < -0.39 is 7.81 Å². The molecule has 138 valence electrons. The number of nitrogens with zero attached hydrogens (tertiary/aromatic N) is 6. The summed E-state index contributed by atoms with van der Waals surface area (Å²) in [5, 5.41) is 7.87. The molecular weight excluding hydrogens is 365 g/mol. The monoisotopic (exact) mass is 381 g/mol. The number of hydrogen-bond acceptors (Lipinski definition) is 4. The van der Waals surface area contributed by atoms with Crippen LogP contribution in [0.25, 0.3) is 11.2 Å². The number of rotatable bonds is 1. The van der Waals surface area contributed by atoms with Gasteiger partial charge in [-0.1, -0.05) is 0 Å². The standard InChI is InChI=1S/C10H15N6O.F6P/c1-14(2)10(15(3)4)17-16-9-8(12-13-16)6-5-7-11-9;1-7(2,3,4,5)6/h5-7H,1-4H3;/q+1;-1/p+1. The van der Waals surface area contributed by atoms with Gasteiger partial charge in [0.25, 0.3) is 0 Å². The Balaban J connectivity index is 0.000000620. The van der Waals surface area contributed by atoms with Gasteiger partial charge in [-0.05, 0) is 22.2 Å². The molecule has 0 aliphatic heterocycles. The Labute approximate surface area is 133 Å². The second-order valence-electron chi connectivity index (χ2n) is 4.93. The molecule has 2 heterocycles. The molecule has 2 rings (SSSR count). The van der Waals surface area contributed by atoms with Crippen LogP contribution in [0.2, 0.25) is 0 Å². The van der Waals surface area contributed by atoms with Crippen molar-refractivity contribution in [2.75, 3.05) is 28.2 Å². The summed E-state index contributed by atoms with van der Waals surface area (Å²) < 4.78 is 61.0. The molecule has 2 aromatic heterocycles. The maximum atomic E-state index is 9.87. The van der Waals surface area contributed by atoms with Crippen molar-refractivity contribution in [3.05, 3.63) is 18.3 Å². The Morgan fingerprint density at radius 3 is 2.21 bits per heavy atom. The minimum absolute atomic E-state index is 0. The van der Waals surface area contributed by atoms with Gasteiger partial charge in [-0.2, -0.15) is 0 Å². The van der Waals surface area contributed by atoms with Crippen molar-refractivity contribution in [3.63, 3.8) is 0 Å². The molecule has 0 bridgehead atoms. The molecule has 0 atom stereocenters. The summed E-state index contributed by atoms with van der Waals surface area (Å²) in [6, 6.07) is 4.28. The van der Waals surface area contributed by atoms with Crippen molar-refractivity contribution in [1.82, 2.24) is 25.0 Å². The van der Waals surface area contributed by atoms with E-state index in [1.165, 1.54) is 4.85 Å². The van der Waals surface area contributed by atoms with Crippen molar-refractivity contribution in [2.45, 2.75) is 0 Å². The van der Waals surface area contributed by atoms with Crippen LogP contribution in [0.15, 0.2) is 18.3 Å². The molecule has 24 heavy (non-hydrogen) atoms. The van der Waals surface area contributed by atoms with Crippen molar-refractivity contribution < 1.29 is 36.0 Å². The summed E-state index contributed by atoms with van der Waals surface area (Å²) in [5.74, 6) is 0. The predicted octanol–water partition coefficient (Wildman–Crippen LogP) is 2.94. The normalized spacial score (nSPS) is 14.1. The molecule has 0 radical (unpaired) electrons. The first-order chi connectivity index (χ1) is 10.5. The van der Waals surface area contributed by atoms with Crippen LogP contribution in [0.4, 0.5) is 25.2 Å². The third kappa shape index (κ3) is 7.90. The molecule has 0 spiro atoms. The third-order valence-corrected chi connectivity index (χ3v) is 2.11. The predicted molar refractivity (Wildman–Crippen MR) is 77.4 cm³/mol. The zero-order valence-electron chi connectivity index (χ0n) is 14.0. The molecule has 0 N–H and O–H groups in total. The zero-order valence-corrected chi connectivity index (χ0v) is 13.9. The molecule has 0 aliphatic rings. The number of fused-ring (bicyclic) bond motifs is 1. The Kier molecular flexibility index (Phi) is 4.74. The fourth-order valence-corrected chi connectivity index (χ4v) is 1.45. The van der Waals surface area contributed by atoms with Gasteiger partial charge in [-0.25, -0.2) is 14.5 Å². The fraction of sp³-hybridized carbons (Fsp3) is 0.400. The van der Waals surface area contributed by atoms with Crippen LogP contribution < -0.4 is 4.84 Å². The summed E-state index contributed by atoms with van der Waals surface area (Å²) in [7, 11) is -3.09. The van der Waals surface area contributed by atoms with Crippen LogP contribution in [0, 0.1) is 0 Å². The third-order valence-electron chi connectivity index (χ3n) is 2.11. The Bertz CT molecular complexity index is 746. The second-order valence-corrected chi connectivity index (χ2v) is 6.85. The summed E-state index contributed by atoms with van der Waals surface area (Å²) in [6.45, 7) is 0. The fourth-order valence-electron chi connectivity index (χ4n) is 1.45. The molecule has 14 heteroatoms. The van der Waals surface area contributed by atoms with Crippen LogP contribution in [0.3, 0.4) is 0 Å². The molecule has 0 amide bonds. The number of aromatic nitrogens is 4. The van der Waals surface area contributed by atoms with E-state index in [1.54, 1.807) is 6.20 Å². The minimum Gasteiger partial charge on any atom is 1.00 e. The molecule has 0 saturated heterocycles. The smallest absolute Gasteiger partial charge is 1.00 e. The van der Waals surface area contributed by atoms with Gasteiger partial charge < -0.3 is 0 Å². The number of hydrogen-bond donors (Lipinski definition) is 0. The van der Waals surface area contributed by atoms with Crippen molar-refractivity contribution in [1.29, 1.82) is 0 Å². The van der Waals surface area contributed by atoms with Crippen molar-refractivity contribution >= 4 is 25.0 Å².